The van der Waals surface area contributed by atoms with Crippen molar-refractivity contribution in [1.82, 2.24) is 9.97 Å². The van der Waals surface area contributed by atoms with Gasteiger partial charge in [-0.05, 0) is 31.9 Å². The molecule has 0 saturated carbocycles. The predicted molar refractivity (Wildman–Crippen MR) is 110 cm³/mol. The van der Waals surface area contributed by atoms with Gasteiger partial charge in [-0.2, -0.15) is 0 Å². The van der Waals surface area contributed by atoms with Gasteiger partial charge in [0.15, 0.2) is 0 Å². The minimum atomic E-state index is 0.114. The summed E-state index contributed by atoms with van der Waals surface area (Å²) in [4.78, 5) is 11.9. The molecule has 1 atom stereocenters. The molecule has 1 N–H and O–H groups in total. The first-order valence-corrected chi connectivity index (χ1v) is 9.61. The van der Waals surface area contributed by atoms with Crippen LogP contribution in [0.2, 0.25) is 5.02 Å². The van der Waals surface area contributed by atoms with E-state index < -0.39 is 0 Å². The van der Waals surface area contributed by atoms with E-state index in [4.69, 9.17) is 21.6 Å². The third-order valence-electron chi connectivity index (χ3n) is 5.08. The van der Waals surface area contributed by atoms with Crippen LogP contribution in [0.5, 0.6) is 0 Å². The molecule has 1 fully saturated rings. The summed E-state index contributed by atoms with van der Waals surface area (Å²) in [5.74, 6) is 0.812. The Hall–Kier alpha value is -2.43. The fourth-order valence-corrected chi connectivity index (χ4v) is 3.70. The number of rotatable bonds is 4. The summed E-state index contributed by atoms with van der Waals surface area (Å²) < 4.78 is 0. The minimum Gasteiger partial charge on any atom is -0.394 e. The maximum Gasteiger partial charge on any atom is 0.148 e. The van der Waals surface area contributed by atoms with E-state index in [0.29, 0.717) is 5.02 Å². The van der Waals surface area contributed by atoms with Gasteiger partial charge in [0.2, 0.25) is 0 Å². The third-order valence-corrected chi connectivity index (χ3v) is 5.34. The number of aryl methyl sites for hydroxylation is 1. The Labute approximate surface area is 164 Å². The van der Waals surface area contributed by atoms with Crippen LogP contribution in [-0.2, 0) is 0 Å². The first-order chi connectivity index (χ1) is 13.2. The lowest BCUT2D eigenvalue weighted by molar-refractivity contribution is 0.266. The highest BCUT2D eigenvalue weighted by Gasteiger charge is 2.26. The molecule has 2 heterocycles. The van der Waals surface area contributed by atoms with E-state index in [1.165, 1.54) is 5.56 Å². The van der Waals surface area contributed by atoms with Crippen molar-refractivity contribution in [2.45, 2.75) is 25.8 Å². The molecule has 138 valence electrons. The van der Waals surface area contributed by atoms with Crippen LogP contribution in [-0.4, -0.2) is 34.3 Å². The van der Waals surface area contributed by atoms with Crippen LogP contribution in [0.15, 0.2) is 54.7 Å². The van der Waals surface area contributed by atoms with Crippen LogP contribution in [0.25, 0.3) is 22.5 Å². The zero-order valence-corrected chi connectivity index (χ0v) is 16.0. The second-order valence-corrected chi connectivity index (χ2v) is 7.41. The summed E-state index contributed by atoms with van der Waals surface area (Å²) in [5, 5.41) is 10.4. The Balaban J connectivity index is 1.83. The standard InChI is InChI=1S/C22H22ClN3O/c1-15-4-6-16(7-5-15)21-22(17-8-10-18(23)11-9-17)25-20(13-24-21)26-12-2-3-19(26)14-27/h4-11,13,19,27H,2-3,12,14H2,1H3/t19-/m1/s1. The highest BCUT2D eigenvalue weighted by Crippen LogP contribution is 2.33. The lowest BCUT2D eigenvalue weighted by Gasteiger charge is -2.24. The van der Waals surface area contributed by atoms with Crippen molar-refractivity contribution in [3.8, 4) is 22.5 Å². The van der Waals surface area contributed by atoms with Crippen molar-refractivity contribution in [1.29, 1.82) is 0 Å². The molecule has 0 amide bonds. The van der Waals surface area contributed by atoms with E-state index in [2.05, 4.69) is 36.1 Å². The quantitative estimate of drug-likeness (QED) is 0.711. The molecule has 3 aromatic rings. The lowest BCUT2D eigenvalue weighted by atomic mass is 10.0. The molecule has 1 saturated heterocycles. The normalized spacial score (nSPS) is 16.7. The summed E-state index contributed by atoms with van der Waals surface area (Å²) in [6, 6.07) is 16.1. The van der Waals surface area contributed by atoms with Crippen molar-refractivity contribution < 1.29 is 5.11 Å². The Bertz CT molecular complexity index is 925. The summed E-state index contributed by atoms with van der Waals surface area (Å²) in [5.41, 5.74) is 4.89. The summed E-state index contributed by atoms with van der Waals surface area (Å²) in [6.45, 7) is 3.10. The van der Waals surface area contributed by atoms with Gasteiger partial charge in [0.05, 0.1) is 30.2 Å². The van der Waals surface area contributed by atoms with Gasteiger partial charge in [-0.1, -0.05) is 53.6 Å². The van der Waals surface area contributed by atoms with Crippen LogP contribution in [0.1, 0.15) is 18.4 Å². The maximum absolute atomic E-state index is 9.67. The van der Waals surface area contributed by atoms with Gasteiger partial charge in [0.25, 0.3) is 0 Å². The van der Waals surface area contributed by atoms with Crippen molar-refractivity contribution >= 4 is 17.4 Å². The molecule has 1 aromatic heterocycles. The van der Waals surface area contributed by atoms with Gasteiger partial charge in [0, 0.05) is 22.7 Å². The summed E-state index contributed by atoms with van der Waals surface area (Å²) in [6.07, 6.45) is 3.86. The number of benzene rings is 2. The molecule has 1 aliphatic heterocycles. The van der Waals surface area contributed by atoms with E-state index >= 15 is 0 Å². The van der Waals surface area contributed by atoms with Crippen molar-refractivity contribution in [3.63, 3.8) is 0 Å². The number of aromatic nitrogens is 2. The second-order valence-electron chi connectivity index (χ2n) is 6.97. The first-order valence-electron chi connectivity index (χ1n) is 9.23. The topological polar surface area (TPSA) is 49.2 Å². The van der Waals surface area contributed by atoms with Crippen LogP contribution >= 0.6 is 11.6 Å². The smallest absolute Gasteiger partial charge is 0.148 e. The van der Waals surface area contributed by atoms with E-state index in [1.54, 1.807) is 0 Å². The molecule has 2 aromatic carbocycles. The molecule has 1 aliphatic rings. The number of anilines is 1. The zero-order chi connectivity index (χ0) is 18.8. The summed E-state index contributed by atoms with van der Waals surface area (Å²) in [7, 11) is 0. The van der Waals surface area contributed by atoms with E-state index in [9.17, 15) is 5.11 Å². The fraction of sp³-hybridized carbons (Fsp3) is 0.273. The number of aliphatic hydroxyl groups excluding tert-OH is 1. The Morgan fingerprint density at radius 1 is 1.04 bits per heavy atom. The molecule has 0 radical (unpaired) electrons. The molecule has 0 bridgehead atoms. The molecule has 4 rings (SSSR count). The number of aliphatic hydroxyl groups is 1. The van der Waals surface area contributed by atoms with Crippen molar-refractivity contribution in [2.75, 3.05) is 18.1 Å². The van der Waals surface area contributed by atoms with Gasteiger partial charge in [0.1, 0.15) is 5.82 Å². The van der Waals surface area contributed by atoms with E-state index in [0.717, 1.165) is 47.7 Å². The minimum absolute atomic E-state index is 0.114. The second kappa shape index (κ2) is 7.67. The van der Waals surface area contributed by atoms with Gasteiger partial charge >= 0.3 is 0 Å². The largest absolute Gasteiger partial charge is 0.394 e. The average molecular weight is 380 g/mol. The monoisotopic (exact) mass is 379 g/mol. The molecule has 0 unspecified atom stereocenters. The maximum atomic E-state index is 9.67. The molecule has 27 heavy (non-hydrogen) atoms. The fourth-order valence-electron chi connectivity index (χ4n) is 3.58. The first kappa shape index (κ1) is 18.0. The Morgan fingerprint density at radius 2 is 1.70 bits per heavy atom. The highest BCUT2D eigenvalue weighted by atomic mass is 35.5. The number of hydrogen-bond acceptors (Lipinski definition) is 4. The lowest BCUT2D eigenvalue weighted by Crippen LogP contribution is -2.32. The molecular formula is C22H22ClN3O. The highest BCUT2D eigenvalue weighted by molar-refractivity contribution is 6.30. The molecule has 5 heteroatoms. The molecule has 4 nitrogen and oxygen atoms in total. The van der Waals surface area contributed by atoms with E-state index in [1.807, 2.05) is 30.5 Å². The number of halogens is 1. The number of nitrogens with zero attached hydrogens (tertiary/aromatic N) is 3. The number of hydrogen-bond donors (Lipinski definition) is 1. The van der Waals surface area contributed by atoms with Crippen molar-refractivity contribution in [2.24, 2.45) is 0 Å². The SMILES string of the molecule is Cc1ccc(-c2ncc(N3CCC[C@@H]3CO)nc2-c2ccc(Cl)cc2)cc1. The molecular weight excluding hydrogens is 358 g/mol. The van der Waals surface area contributed by atoms with Crippen LogP contribution in [0.4, 0.5) is 5.82 Å². The van der Waals surface area contributed by atoms with Crippen LogP contribution < -0.4 is 4.90 Å². The zero-order valence-electron chi connectivity index (χ0n) is 15.3. The van der Waals surface area contributed by atoms with E-state index in [-0.39, 0.29) is 12.6 Å². The van der Waals surface area contributed by atoms with Gasteiger partial charge < -0.3 is 10.0 Å². The average Bonchev–Trinajstić information content (AvgIpc) is 3.18. The van der Waals surface area contributed by atoms with Crippen LogP contribution in [0.3, 0.4) is 0 Å². The predicted octanol–water partition coefficient (Wildman–Crippen LogP) is 4.73. The van der Waals surface area contributed by atoms with Crippen molar-refractivity contribution in [3.05, 3.63) is 65.3 Å². The van der Waals surface area contributed by atoms with Gasteiger partial charge in [-0.3, -0.25) is 4.98 Å². The van der Waals surface area contributed by atoms with Gasteiger partial charge in [-0.15, -0.1) is 0 Å². The molecule has 0 spiro atoms. The van der Waals surface area contributed by atoms with Gasteiger partial charge in [-0.25, -0.2) is 4.98 Å². The Kier molecular flexibility index (Phi) is 5.10. The Morgan fingerprint density at radius 3 is 2.41 bits per heavy atom. The summed E-state index contributed by atoms with van der Waals surface area (Å²) >= 11 is 6.07. The third kappa shape index (κ3) is 3.68. The van der Waals surface area contributed by atoms with Crippen LogP contribution in [0, 0.1) is 6.92 Å². The molecule has 0 aliphatic carbocycles.